The van der Waals surface area contributed by atoms with E-state index in [1.165, 1.54) is 17.0 Å². The molecule has 1 unspecified atom stereocenters. The van der Waals surface area contributed by atoms with Crippen LogP contribution in [0.4, 0.5) is 5.82 Å². The van der Waals surface area contributed by atoms with E-state index in [0.717, 1.165) is 0 Å². The molecular formula is C10H11N3O5. The highest BCUT2D eigenvalue weighted by atomic mass is 16.6. The number of carbonyl (C=O) groups is 2. The zero-order chi connectivity index (χ0) is 13.3. The van der Waals surface area contributed by atoms with Crippen LogP contribution in [0.25, 0.3) is 0 Å². The van der Waals surface area contributed by atoms with E-state index >= 15 is 0 Å². The van der Waals surface area contributed by atoms with Crippen LogP contribution in [0, 0.1) is 10.1 Å². The van der Waals surface area contributed by atoms with Gasteiger partial charge in [0.15, 0.2) is 5.69 Å². The molecule has 8 heteroatoms. The molecule has 1 amide bonds. The molecular weight excluding hydrogens is 242 g/mol. The molecule has 1 aromatic heterocycles. The van der Waals surface area contributed by atoms with Gasteiger partial charge in [0, 0.05) is 12.6 Å². The van der Waals surface area contributed by atoms with Crippen molar-refractivity contribution < 1.29 is 19.6 Å². The van der Waals surface area contributed by atoms with E-state index in [1.807, 2.05) is 0 Å². The average molecular weight is 253 g/mol. The number of nitrogens with zero attached hydrogens (tertiary/aromatic N) is 2. The molecule has 96 valence electrons. The fourth-order valence-corrected chi connectivity index (χ4v) is 2.04. The Morgan fingerprint density at radius 1 is 1.50 bits per heavy atom. The van der Waals surface area contributed by atoms with Crippen LogP contribution in [-0.4, -0.2) is 44.4 Å². The third kappa shape index (κ3) is 2.04. The van der Waals surface area contributed by atoms with Gasteiger partial charge in [-0.2, -0.15) is 0 Å². The Hall–Kier alpha value is -2.38. The second-order valence-corrected chi connectivity index (χ2v) is 4.01. The third-order valence-electron chi connectivity index (χ3n) is 2.90. The number of hydrogen-bond acceptors (Lipinski definition) is 4. The van der Waals surface area contributed by atoms with Crippen LogP contribution < -0.4 is 0 Å². The number of carboxylic acids is 1. The van der Waals surface area contributed by atoms with Crippen molar-refractivity contribution in [2.75, 3.05) is 6.54 Å². The van der Waals surface area contributed by atoms with Gasteiger partial charge in [-0.3, -0.25) is 4.79 Å². The lowest BCUT2D eigenvalue weighted by Gasteiger charge is -2.19. The molecule has 1 saturated heterocycles. The van der Waals surface area contributed by atoms with Crippen LogP contribution in [0.3, 0.4) is 0 Å². The summed E-state index contributed by atoms with van der Waals surface area (Å²) < 4.78 is 0. The van der Waals surface area contributed by atoms with E-state index in [2.05, 4.69) is 4.98 Å². The number of rotatable bonds is 3. The van der Waals surface area contributed by atoms with Gasteiger partial charge >= 0.3 is 11.8 Å². The summed E-state index contributed by atoms with van der Waals surface area (Å²) in [5.74, 6) is -1.86. The maximum absolute atomic E-state index is 12.0. The van der Waals surface area contributed by atoms with E-state index in [-0.39, 0.29) is 11.5 Å². The molecule has 1 aliphatic heterocycles. The van der Waals surface area contributed by atoms with Crippen LogP contribution in [0.5, 0.6) is 0 Å². The Morgan fingerprint density at radius 2 is 2.22 bits per heavy atom. The van der Waals surface area contributed by atoms with Crippen molar-refractivity contribution in [2.24, 2.45) is 0 Å². The second kappa shape index (κ2) is 4.47. The van der Waals surface area contributed by atoms with E-state index in [4.69, 9.17) is 5.11 Å². The second-order valence-electron chi connectivity index (χ2n) is 4.01. The Kier molecular flexibility index (Phi) is 3.00. The quantitative estimate of drug-likeness (QED) is 0.604. The summed E-state index contributed by atoms with van der Waals surface area (Å²) in [6, 6.07) is 1.62. The van der Waals surface area contributed by atoms with Gasteiger partial charge in [0.25, 0.3) is 5.91 Å². The summed E-state index contributed by atoms with van der Waals surface area (Å²) in [6.45, 7) is 0.350. The SMILES string of the molecule is O=C(O)C1CCCN1C(=O)c1ccc([N+](=O)[O-])[nH]1. The lowest BCUT2D eigenvalue weighted by atomic mass is 10.2. The number of aromatic amines is 1. The minimum atomic E-state index is -1.05. The summed E-state index contributed by atoms with van der Waals surface area (Å²) in [6.07, 6.45) is 1.02. The Morgan fingerprint density at radius 3 is 2.78 bits per heavy atom. The maximum Gasteiger partial charge on any atom is 0.326 e. The summed E-state index contributed by atoms with van der Waals surface area (Å²) in [4.78, 5) is 36.4. The molecule has 8 nitrogen and oxygen atoms in total. The van der Waals surface area contributed by atoms with Crippen molar-refractivity contribution in [1.82, 2.24) is 9.88 Å². The molecule has 18 heavy (non-hydrogen) atoms. The van der Waals surface area contributed by atoms with Gasteiger partial charge in [-0.25, -0.2) is 9.78 Å². The molecule has 1 aliphatic rings. The molecule has 1 fully saturated rings. The largest absolute Gasteiger partial charge is 0.480 e. The smallest absolute Gasteiger partial charge is 0.326 e. The van der Waals surface area contributed by atoms with Crippen molar-refractivity contribution in [1.29, 1.82) is 0 Å². The number of carboxylic acid groups (broad SMARTS) is 1. The number of amides is 1. The number of aromatic nitrogens is 1. The molecule has 0 aliphatic carbocycles. The third-order valence-corrected chi connectivity index (χ3v) is 2.90. The van der Waals surface area contributed by atoms with Gasteiger partial charge in [-0.15, -0.1) is 0 Å². The van der Waals surface area contributed by atoms with Gasteiger partial charge in [0.2, 0.25) is 0 Å². The number of aliphatic carboxylic acids is 1. The monoisotopic (exact) mass is 253 g/mol. The predicted molar refractivity (Wildman–Crippen MR) is 59.1 cm³/mol. The van der Waals surface area contributed by atoms with E-state index < -0.39 is 22.8 Å². The van der Waals surface area contributed by atoms with Gasteiger partial charge in [-0.1, -0.05) is 0 Å². The molecule has 0 radical (unpaired) electrons. The van der Waals surface area contributed by atoms with Gasteiger partial charge in [-0.05, 0) is 23.8 Å². The number of nitro groups is 1. The number of likely N-dealkylation sites (tertiary alicyclic amines) is 1. The number of nitrogens with one attached hydrogen (secondary N) is 1. The zero-order valence-corrected chi connectivity index (χ0v) is 9.33. The van der Waals surface area contributed by atoms with Crippen LogP contribution in [0.1, 0.15) is 23.3 Å². The van der Waals surface area contributed by atoms with E-state index in [1.54, 1.807) is 0 Å². The Labute approximate surface area is 101 Å². The topological polar surface area (TPSA) is 117 Å². The van der Waals surface area contributed by atoms with Crippen molar-refractivity contribution >= 4 is 17.7 Å². The summed E-state index contributed by atoms with van der Waals surface area (Å²) in [5, 5.41) is 19.4. The maximum atomic E-state index is 12.0. The van der Waals surface area contributed by atoms with Crippen LogP contribution in [0.2, 0.25) is 0 Å². The fraction of sp³-hybridized carbons (Fsp3) is 0.400. The predicted octanol–water partition coefficient (Wildman–Crippen LogP) is 0.612. The first-order chi connectivity index (χ1) is 8.50. The van der Waals surface area contributed by atoms with Crippen LogP contribution >= 0.6 is 0 Å². The highest BCUT2D eigenvalue weighted by Crippen LogP contribution is 2.21. The minimum Gasteiger partial charge on any atom is -0.480 e. The van der Waals surface area contributed by atoms with E-state index in [0.29, 0.717) is 19.4 Å². The molecule has 2 rings (SSSR count). The molecule has 2 N–H and O–H groups in total. The number of hydrogen-bond donors (Lipinski definition) is 2. The Bertz CT molecular complexity index is 509. The highest BCUT2D eigenvalue weighted by molar-refractivity contribution is 5.95. The van der Waals surface area contributed by atoms with Crippen LogP contribution in [-0.2, 0) is 4.79 Å². The lowest BCUT2D eigenvalue weighted by Crippen LogP contribution is -2.40. The molecule has 0 saturated carbocycles. The van der Waals surface area contributed by atoms with Crippen molar-refractivity contribution in [3.63, 3.8) is 0 Å². The van der Waals surface area contributed by atoms with Crippen molar-refractivity contribution in [2.45, 2.75) is 18.9 Å². The standard InChI is InChI=1S/C10H11N3O5/c14-9(6-3-4-8(11-6)13(17)18)12-5-1-2-7(12)10(15)16/h3-4,7,11H,1-2,5H2,(H,15,16). The van der Waals surface area contributed by atoms with Crippen LogP contribution in [0.15, 0.2) is 12.1 Å². The summed E-state index contributed by atoms with van der Waals surface area (Å²) in [5.41, 5.74) is 0.0369. The molecule has 0 bridgehead atoms. The first-order valence-electron chi connectivity index (χ1n) is 5.38. The lowest BCUT2D eigenvalue weighted by molar-refractivity contribution is -0.389. The Balaban J connectivity index is 2.20. The average Bonchev–Trinajstić information content (AvgIpc) is 2.97. The summed E-state index contributed by atoms with van der Waals surface area (Å²) >= 11 is 0. The molecule has 1 atom stereocenters. The first kappa shape index (κ1) is 12.1. The van der Waals surface area contributed by atoms with Crippen molar-refractivity contribution in [3.05, 3.63) is 27.9 Å². The van der Waals surface area contributed by atoms with E-state index in [9.17, 15) is 19.7 Å². The molecule has 0 spiro atoms. The number of carbonyl (C=O) groups excluding carboxylic acids is 1. The highest BCUT2D eigenvalue weighted by Gasteiger charge is 2.36. The minimum absolute atomic E-state index is 0.0369. The van der Waals surface area contributed by atoms with Crippen molar-refractivity contribution in [3.8, 4) is 0 Å². The van der Waals surface area contributed by atoms with Gasteiger partial charge in [0.05, 0.1) is 0 Å². The first-order valence-corrected chi connectivity index (χ1v) is 5.38. The van der Waals surface area contributed by atoms with Gasteiger partial charge in [0.1, 0.15) is 6.04 Å². The summed E-state index contributed by atoms with van der Waals surface area (Å²) in [7, 11) is 0. The normalized spacial score (nSPS) is 18.9. The van der Waals surface area contributed by atoms with Gasteiger partial charge < -0.3 is 20.1 Å². The molecule has 2 heterocycles. The number of H-pyrrole nitrogens is 1. The zero-order valence-electron chi connectivity index (χ0n) is 9.33. The fourth-order valence-electron chi connectivity index (χ4n) is 2.04. The molecule has 1 aromatic rings. The molecule has 0 aromatic carbocycles.